The lowest BCUT2D eigenvalue weighted by Crippen LogP contribution is -2.02. The van der Waals surface area contributed by atoms with Gasteiger partial charge in [-0.1, -0.05) is 18.2 Å². The van der Waals surface area contributed by atoms with Gasteiger partial charge in [0.15, 0.2) is 6.29 Å². The van der Waals surface area contributed by atoms with Crippen LogP contribution < -0.4 is 0 Å². The van der Waals surface area contributed by atoms with E-state index in [1.807, 2.05) is 29.1 Å². The van der Waals surface area contributed by atoms with E-state index in [2.05, 4.69) is 18.9 Å². The Balaban J connectivity index is 2.58. The normalized spacial score (nSPS) is 13.6. The van der Waals surface area contributed by atoms with Crippen LogP contribution in [0.4, 0.5) is 0 Å². The molecule has 1 atom stereocenters. The molecule has 0 aliphatic heterocycles. The Morgan fingerprint density at radius 2 is 2.12 bits per heavy atom. The van der Waals surface area contributed by atoms with E-state index in [-0.39, 0.29) is 0 Å². The number of benzene rings is 1. The zero-order chi connectivity index (χ0) is 11.7. The van der Waals surface area contributed by atoms with Crippen molar-refractivity contribution in [1.29, 1.82) is 0 Å². The van der Waals surface area contributed by atoms with Gasteiger partial charge in [-0.05, 0) is 13.8 Å². The van der Waals surface area contributed by atoms with Crippen molar-refractivity contribution in [2.24, 2.45) is 0 Å². The Morgan fingerprint density at radius 3 is 2.75 bits per heavy atom. The first kappa shape index (κ1) is 11.1. The van der Waals surface area contributed by atoms with Crippen molar-refractivity contribution in [1.82, 2.24) is 9.78 Å². The van der Waals surface area contributed by atoms with Crippen LogP contribution in [-0.2, 0) is 4.74 Å². The summed E-state index contributed by atoms with van der Waals surface area (Å²) in [6.45, 7) is 4.14. The Kier molecular flexibility index (Phi) is 2.94. The molecule has 0 saturated heterocycles. The summed E-state index contributed by atoms with van der Waals surface area (Å²) in [5.41, 5.74) is 1.50. The Morgan fingerprint density at radius 1 is 1.38 bits per heavy atom. The lowest BCUT2D eigenvalue weighted by molar-refractivity contribution is -0.0760. The molecule has 1 N–H and O–H groups in total. The number of aliphatic hydroxyl groups excluding tert-OH is 1. The highest BCUT2D eigenvalue weighted by Gasteiger charge is 2.13. The van der Waals surface area contributed by atoms with Crippen molar-refractivity contribution < 1.29 is 9.84 Å². The third kappa shape index (κ3) is 1.81. The van der Waals surface area contributed by atoms with Crippen LogP contribution in [0.1, 0.15) is 31.7 Å². The molecule has 0 spiro atoms. The van der Waals surface area contributed by atoms with E-state index in [9.17, 15) is 5.11 Å². The van der Waals surface area contributed by atoms with Crippen molar-refractivity contribution in [2.75, 3.05) is 7.11 Å². The van der Waals surface area contributed by atoms with Crippen LogP contribution in [0.25, 0.3) is 10.9 Å². The average Bonchev–Trinajstić information content (AvgIpc) is 2.71. The third-order valence-electron chi connectivity index (χ3n) is 2.60. The molecule has 1 unspecified atom stereocenters. The molecule has 4 nitrogen and oxygen atoms in total. The molecule has 4 heteroatoms. The molecular formula is C12H16N2O2. The van der Waals surface area contributed by atoms with Crippen LogP contribution in [0.15, 0.2) is 24.4 Å². The zero-order valence-corrected chi connectivity index (χ0v) is 9.71. The fourth-order valence-corrected chi connectivity index (χ4v) is 1.68. The number of ether oxygens (including phenoxy) is 1. The highest BCUT2D eigenvalue weighted by atomic mass is 16.6. The number of fused-ring (bicyclic) bond motifs is 1. The minimum atomic E-state index is -0.917. The van der Waals surface area contributed by atoms with Gasteiger partial charge in [0.1, 0.15) is 5.52 Å². The smallest absolute Gasteiger partial charge is 0.183 e. The maximum Gasteiger partial charge on any atom is 0.183 e. The summed E-state index contributed by atoms with van der Waals surface area (Å²) in [6.07, 6.45) is 1.06. The first-order chi connectivity index (χ1) is 7.63. The second kappa shape index (κ2) is 4.23. The van der Waals surface area contributed by atoms with E-state index in [0.29, 0.717) is 11.6 Å². The fourth-order valence-electron chi connectivity index (χ4n) is 1.68. The van der Waals surface area contributed by atoms with Crippen LogP contribution in [0.2, 0.25) is 0 Å². The number of rotatable bonds is 3. The van der Waals surface area contributed by atoms with E-state index in [1.54, 1.807) is 0 Å². The van der Waals surface area contributed by atoms with Crippen molar-refractivity contribution in [3.8, 4) is 0 Å². The first-order valence-corrected chi connectivity index (χ1v) is 5.32. The summed E-state index contributed by atoms with van der Waals surface area (Å²) in [6, 6.07) is 6.01. The molecular weight excluding hydrogens is 204 g/mol. The van der Waals surface area contributed by atoms with Gasteiger partial charge in [0.05, 0.1) is 0 Å². The number of hydrogen-bond donors (Lipinski definition) is 1. The van der Waals surface area contributed by atoms with Crippen LogP contribution in [0.3, 0.4) is 0 Å². The lowest BCUT2D eigenvalue weighted by Gasteiger charge is -2.08. The van der Waals surface area contributed by atoms with E-state index in [0.717, 1.165) is 10.9 Å². The minimum absolute atomic E-state index is 0.305. The number of methoxy groups -OCH3 is 1. The average molecular weight is 220 g/mol. The highest BCUT2D eigenvalue weighted by molar-refractivity contribution is 5.81. The topological polar surface area (TPSA) is 47.3 Å². The Hall–Kier alpha value is -1.39. The molecule has 0 fully saturated rings. The molecule has 2 aromatic rings. The van der Waals surface area contributed by atoms with Gasteiger partial charge in [-0.15, -0.1) is 0 Å². The quantitative estimate of drug-likeness (QED) is 0.807. The maximum atomic E-state index is 9.70. The summed E-state index contributed by atoms with van der Waals surface area (Å²) >= 11 is 0. The number of hydrogen-bond acceptors (Lipinski definition) is 3. The lowest BCUT2D eigenvalue weighted by atomic mass is 10.1. The Labute approximate surface area is 94.5 Å². The zero-order valence-electron chi connectivity index (χ0n) is 9.71. The second-order valence-electron chi connectivity index (χ2n) is 4.08. The van der Waals surface area contributed by atoms with Crippen LogP contribution in [0.5, 0.6) is 0 Å². The molecule has 0 aliphatic carbocycles. The molecule has 0 amide bonds. The van der Waals surface area contributed by atoms with E-state index in [4.69, 9.17) is 4.74 Å². The van der Waals surface area contributed by atoms with Gasteiger partial charge in [0, 0.05) is 30.3 Å². The van der Waals surface area contributed by atoms with Crippen LogP contribution in [-0.4, -0.2) is 22.0 Å². The van der Waals surface area contributed by atoms with E-state index < -0.39 is 6.29 Å². The highest BCUT2D eigenvalue weighted by Crippen LogP contribution is 2.24. The van der Waals surface area contributed by atoms with Gasteiger partial charge in [-0.2, -0.15) is 5.10 Å². The number of nitrogens with zero attached hydrogens (tertiary/aromatic N) is 2. The minimum Gasteiger partial charge on any atom is -0.364 e. The second-order valence-corrected chi connectivity index (χ2v) is 4.08. The molecule has 86 valence electrons. The van der Waals surface area contributed by atoms with Crippen LogP contribution >= 0.6 is 0 Å². The molecule has 16 heavy (non-hydrogen) atoms. The fraction of sp³-hybridized carbons (Fsp3) is 0.417. The summed E-state index contributed by atoms with van der Waals surface area (Å²) in [5.74, 6) is 0. The summed E-state index contributed by atoms with van der Waals surface area (Å²) in [7, 11) is 1.48. The number of aromatic nitrogens is 2. The van der Waals surface area contributed by atoms with Crippen molar-refractivity contribution in [3.05, 3.63) is 30.0 Å². The number of aliphatic hydroxyl groups is 1. The van der Waals surface area contributed by atoms with Gasteiger partial charge in [0.25, 0.3) is 0 Å². The SMILES string of the molecule is COC(O)c1cccc2cn(C(C)C)nc12. The maximum absolute atomic E-state index is 9.70. The molecule has 0 saturated carbocycles. The molecule has 1 aromatic carbocycles. The van der Waals surface area contributed by atoms with Crippen molar-refractivity contribution in [2.45, 2.75) is 26.2 Å². The van der Waals surface area contributed by atoms with E-state index in [1.165, 1.54) is 7.11 Å². The Bertz CT molecular complexity index is 491. The standard InChI is InChI=1S/C12H16N2O2/c1-8(2)14-7-9-5-4-6-10(11(9)13-14)12(15)16-3/h4-8,12,15H,1-3H3. The van der Waals surface area contributed by atoms with Gasteiger partial charge < -0.3 is 9.84 Å². The van der Waals surface area contributed by atoms with Crippen molar-refractivity contribution >= 4 is 10.9 Å². The molecule has 1 aromatic heterocycles. The predicted octanol–water partition coefficient (Wildman–Crippen LogP) is 2.25. The summed E-state index contributed by atoms with van der Waals surface area (Å²) in [4.78, 5) is 0. The molecule has 2 rings (SSSR count). The van der Waals surface area contributed by atoms with Gasteiger partial charge in [-0.25, -0.2) is 0 Å². The molecule has 0 radical (unpaired) electrons. The van der Waals surface area contributed by atoms with Gasteiger partial charge in [0.2, 0.25) is 0 Å². The summed E-state index contributed by atoms with van der Waals surface area (Å²) < 4.78 is 6.81. The first-order valence-electron chi connectivity index (χ1n) is 5.32. The predicted molar refractivity (Wildman–Crippen MR) is 62.1 cm³/mol. The van der Waals surface area contributed by atoms with Gasteiger partial charge in [-0.3, -0.25) is 4.68 Å². The molecule has 0 bridgehead atoms. The molecule has 0 aliphatic rings. The van der Waals surface area contributed by atoms with E-state index >= 15 is 0 Å². The summed E-state index contributed by atoms with van der Waals surface area (Å²) in [5, 5.41) is 15.2. The monoisotopic (exact) mass is 220 g/mol. The largest absolute Gasteiger partial charge is 0.364 e. The van der Waals surface area contributed by atoms with Crippen molar-refractivity contribution in [3.63, 3.8) is 0 Å². The third-order valence-corrected chi connectivity index (χ3v) is 2.60. The van der Waals surface area contributed by atoms with Crippen LogP contribution in [0, 0.1) is 0 Å². The van der Waals surface area contributed by atoms with Gasteiger partial charge >= 0.3 is 0 Å². The molecule has 1 heterocycles.